The highest BCUT2D eigenvalue weighted by atomic mass is 16.6. The normalized spacial score (nSPS) is 19.0. The number of amides is 2. The van der Waals surface area contributed by atoms with Gasteiger partial charge in [-0.3, -0.25) is 9.59 Å². The van der Waals surface area contributed by atoms with Gasteiger partial charge in [0, 0.05) is 18.5 Å². The number of rotatable bonds is 9. The first-order valence-electron chi connectivity index (χ1n) is 11.1. The third-order valence-electron chi connectivity index (χ3n) is 5.58. The summed E-state index contributed by atoms with van der Waals surface area (Å²) in [4.78, 5) is 38.9. The summed E-state index contributed by atoms with van der Waals surface area (Å²) in [5.74, 6) is -1.37. The van der Waals surface area contributed by atoms with Crippen molar-refractivity contribution in [2.24, 2.45) is 5.73 Å². The van der Waals surface area contributed by atoms with Crippen LogP contribution in [0.1, 0.15) is 51.2 Å². The summed E-state index contributed by atoms with van der Waals surface area (Å²) >= 11 is 0. The van der Waals surface area contributed by atoms with Crippen LogP contribution in [0, 0.1) is 0 Å². The molecule has 2 aliphatic rings. The number of primary amides is 1. The van der Waals surface area contributed by atoms with Crippen molar-refractivity contribution in [3.8, 4) is 0 Å². The summed E-state index contributed by atoms with van der Waals surface area (Å²) in [5, 5.41) is 9.19. The molecule has 3 rings (SSSR count). The van der Waals surface area contributed by atoms with Gasteiger partial charge in [-0.15, -0.1) is 0 Å². The lowest BCUT2D eigenvalue weighted by atomic mass is 9.97. The molecule has 1 aromatic rings. The van der Waals surface area contributed by atoms with Gasteiger partial charge in [-0.2, -0.15) is 0 Å². The Morgan fingerprint density at radius 1 is 1.21 bits per heavy atom. The molecule has 0 fully saturated rings. The molecule has 2 atom stereocenters. The van der Waals surface area contributed by atoms with Crippen LogP contribution in [-0.2, 0) is 37.1 Å². The van der Waals surface area contributed by atoms with Crippen molar-refractivity contribution in [2.75, 3.05) is 6.54 Å². The molecule has 2 amide bonds. The molecule has 8 heteroatoms. The van der Waals surface area contributed by atoms with E-state index < -0.39 is 23.5 Å². The average molecular weight is 457 g/mol. The lowest BCUT2D eigenvalue weighted by molar-refractivity contribution is -0.163. The van der Waals surface area contributed by atoms with E-state index in [0.29, 0.717) is 18.6 Å². The van der Waals surface area contributed by atoms with Gasteiger partial charge in [0.15, 0.2) is 0 Å². The zero-order valence-corrected chi connectivity index (χ0v) is 19.4. The van der Waals surface area contributed by atoms with E-state index in [9.17, 15) is 19.5 Å². The van der Waals surface area contributed by atoms with Crippen LogP contribution >= 0.6 is 0 Å². The Morgan fingerprint density at radius 3 is 2.48 bits per heavy atom. The standard InChI is InChI=1S/C25H32N2O6/c1-25(2,3)33-24(31)20(11-12-22(26)29)27-13-19-18(23(27)30)5-4-6-21(19)32-15-17-9-7-16(14-28)8-10-17/h4-5,7-10,20-21,28H,6,11-15H2,1-3H3,(H2,26,29). The zero-order chi connectivity index (χ0) is 24.2. The van der Waals surface area contributed by atoms with Crippen LogP contribution in [0.4, 0.5) is 0 Å². The average Bonchev–Trinajstić information content (AvgIpc) is 3.08. The Labute approximate surface area is 194 Å². The predicted molar refractivity (Wildman–Crippen MR) is 121 cm³/mol. The first kappa shape index (κ1) is 24.7. The smallest absolute Gasteiger partial charge is 0.329 e. The number of aliphatic hydroxyl groups excluding tert-OH is 1. The van der Waals surface area contributed by atoms with Crippen LogP contribution in [0.3, 0.4) is 0 Å². The van der Waals surface area contributed by atoms with Gasteiger partial charge >= 0.3 is 5.97 Å². The number of ether oxygens (including phenoxy) is 2. The van der Waals surface area contributed by atoms with Gasteiger partial charge in [0.05, 0.1) is 19.3 Å². The van der Waals surface area contributed by atoms with Crippen molar-refractivity contribution in [3.05, 3.63) is 58.7 Å². The van der Waals surface area contributed by atoms with Crippen LogP contribution in [0.15, 0.2) is 47.6 Å². The molecule has 33 heavy (non-hydrogen) atoms. The molecular formula is C25H32N2O6. The number of nitrogens with zero attached hydrogens (tertiary/aromatic N) is 1. The minimum Gasteiger partial charge on any atom is -0.458 e. The number of esters is 1. The molecule has 1 aromatic carbocycles. The topological polar surface area (TPSA) is 119 Å². The summed E-state index contributed by atoms with van der Waals surface area (Å²) in [7, 11) is 0. The second-order valence-corrected chi connectivity index (χ2v) is 9.34. The molecule has 2 unspecified atom stereocenters. The molecule has 0 saturated heterocycles. The number of carbonyl (C=O) groups excluding carboxylic acids is 3. The van der Waals surface area contributed by atoms with E-state index in [-0.39, 0.29) is 38.0 Å². The molecule has 0 aromatic heterocycles. The molecule has 1 heterocycles. The van der Waals surface area contributed by atoms with Gasteiger partial charge in [-0.05, 0) is 50.3 Å². The van der Waals surface area contributed by atoms with Crippen molar-refractivity contribution in [1.29, 1.82) is 0 Å². The number of aliphatic hydroxyl groups is 1. The fourth-order valence-corrected chi connectivity index (χ4v) is 3.95. The van der Waals surface area contributed by atoms with Crippen LogP contribution < -0.4 is 5.73 Å². The minimum atomic E-state index is -0.907. The van der Waals surface area contributed by atoms with Crippen molar-refractivity contribution in [2.45, 2.75) is 71.0 Å². The Hall–Kier alpha value is -2.97. The maximum absolute atomic E-state index is 13.2. The quantitative estimate of drug-likeness (QED) is 0.550. The molecule has 0 radical (unpaired) electrons. The molecular weight excluding hydrogens is 424 g/mol. The first-order chi connectivity index (χ1) is 15.6. The Bertz CT molecular complexity index is 958. The number of hydrogen-bond acceptors (Lipinski definition) is 6. The van der Waals surface area contributed by atoms with Gasteiger partial charge in [0.25, 0.3) is 5.91 Å². The van der Waals surface area contributed by atoms with Crippen LogP contribution in [0.2, 0.25) is 0 Å². The van der Waals surface area contributed by atoms with Gasteiger partial charge in [0.1, 0.15) is 11.6 Å². The van der Waals surface area contributed by atoms with E-state index in [2.05, 4.69) is 0 Å². The molecule has 178 valence electrons. The Kier molecular flexibility index (Phi) is 7.71. The SMILES string of the molecule is CC(C)(C)OC(=O)C(CCC(N)=O)N1CC2=C(C=CCC2OCc2ccc(CO)cc2)C1=O. The molecule has 8 nitrogen and oxygen atoms in total. The fraction of sp³-hybridized carbons (Fsp3) is 0.480. The fourth-order valence-electron chi connectivity index (χ4n) is 3.95. The maximum atomic E-state index is 13.2. The molecule has 0 spiro atoms. The van der Waals surface area contributed by atoms with E-state index >= 15 is 0 Å². The minimum absolute atomic E-state index is 0.0166. The lowest BCUT2D eigenvalue weighted by Crippen LogP contribution is -2.46. The monoisotopic (exact) mass is 456 g/mol. The number of benzene rings is 1. The van der Waals surface area contributed by atoms with Crippen molar-refractivity contribution in [1.82, 2.24) is 4.90 Å². The van der Waals surface area contributed by atoms with Crippen LogP contribution in [0.5, 0.6) is 0 Å². The van der Waals surface area contributed by atoms with E-state index in [1.54, 1.807) is 26.8 Å². The zero-order valence-electron chi connectivity index (χ0n) is 19.4. The third kappa shape index (κ3) is 6.30. The Balaban J connectivity index is 1.74. The van der Waals surface area contributed by atoms with Gasteiger partial charge in [-0.25, -0.2) is 4.79 Å². The highest BCUT2D eigenvalue weighted by Crippen LogP contribution is 2.33. The molecule has 1 aliphatic carbocycles. The number of nitrogens with two attached hydrogens (primary N) is 1. The summed E-state index contributed by atoms with van der Waals surface area (Å²) in [6, 6.07) is 6.57. The summed E-state index contributed by atoms with van der Waals surface area (Å²) in [6.07, 6.45) is 4.06. The Morgan fingerprint density at radius 2 is 1.88 bits per heavy atom. The van der Waals surface area contributed by atoms with Crippen molar-refractivity contribution in [3.63, 3.8) is 0 Å². The predicted octanol–water partition coefficient (Wildman–Crippen LogP) is 2.14. The molecule has 0 saturated carbocycles. The van der Waals surface area contributed by atoms with E-state index in [0.717, 1.165) is 16.7 Å². The number of carbonyl (C=O) groups is 3. The van der Waals surface area contributed by atoms with E-state index in [1.165, 1.54) is 4.90 Å². The van der Waals surface area contributed by atoms with Gasteiger partial charge < -0.3 is 25.2 Å². The summed E-state index contributed by atoms with van der Waals surface area (Å²) in [5.41, 5.74) is 7.70. The third-order valence-corrected chi connectivity index (χ3v) is 5.58. The maximum Gasteiger partial charge on any atom is 0.329 e. The molecule has 1 aliphatic heterocycles. The van der Waals surface area contributed by atoms with Crippen LogP contribution in [0.25, 0.3) is 0 Å². The van der Waals surface area contributed by atoms with Crippen molar-refractivity contribution >= 4 is 17.8 Å². The van der Waals surface area contributed by atoms with E-state index in [1.807, 2.05) is 30.3 Å². The summed E-state index contributed by atoms with van der Waals surface area (Å²) in [6.45, 7) is 5.83. The van der Waals surface area contributed by atoms with E-state index in [4.69, 9.17) is 15.2 Å². The largest absolute Gasteiger partial charge is 0.458 e. The highest BCUT2D eigenvalue weighted by molar-refractivity contribution is 6.02. The second kappa shape index (κ2) is 10.3. The first-order valence-corrected chi connectivity index (χ1v) is 11.1. The van der Waals surface area contributed by atoms with Gasteiger partial charge in [0.2, 0.25) is 5.91 Å². The number of hydrogen-bond donors (Lipinski definition) is 2. The van der Waals surface area contributed by atoms with Gasteiger partial charge in [-0.1, -0.05) is 36.4 Å². The van der Waals surface area contributed by atoms with Crippen LogP contribution in [-0.4, -0.2) is 52.1 Å². The van der Waals surface area contributed by atoms with Crippen molar-refractivity contribution < 1.29 is 29.0 Å². The molecule has 0 bridgehead atoms. The highest BCUT2D eigenvalue weighted by Gasteiger charge is 2.41. The summed E-state index contributed by atoms with van der Waals surface area (Å²) < 4.78 is 11.7. The molecule has 3 N–H and O–H groups in total. The lowest BCUT2D eigenvalue weighted by Gasteiger charge is -2.30. The second-order valence-electron chi connectivity index (χ2n) is 9.34.